The smallest absolute Gasteiger partial charge is 0.232 e. The lowest BCUT2D eigenvalue weighted by Crippen LogP contribution is -2.47. The molecule has 2 unspecified atom stereocenters. The SMILES string of the molecule is CCC1CN(c2ncc(Br)c(OC)n2)CCC1N. The van der Waals surface area contributed by atoms with Gasteiger partial charge in [0.05, 0.1) is 17.8 Å². The van der Waals surface area contributed by atoms with Gasteiger partial charge in [-0.2, -0.15) is 4.98 Å². The van der Waals surface area contributed by atoms with Gasteiger partial charge in [0, 0.05) is 19.1 Å². The number of nitrogens with two attached hydrogens (primary N) is 1. The summed E-state index contributed by atoms with van der Waals surface area (Å²) in [5, 5.41) is 0. The van der Waals surface area contributed by atoms with Gasteiger partial charge in [0.2, 0.25) is 11.8 Å². The molecule has 1 aromatic heterocycles. The lowest BCUT2D eigenvalue weighted by molar-refractivity contribution is 0.343. The largest absolute Gasteiger partial charge is 0.480 e. The third-order valence-electron chi connectivity index (χ3n) is 3.49. The van der Waals surface area contributed by atoms with Crippen molar-refractivity contribution < 1.29 is 4.74 Å². The maximum atomic E-state index is 6.11. The van der Waals surface area contributed by atoms with E-state index in [9.17, 15) is 0 Å². The van der Waals surface area contributed by atoms with E-state index in [1.807, 2.05) is 0 Å². The predicted molar refractivity (Wildman–Crippen MR) is 74.9 cm³/mol. The molecular formula is C12H19BrN4O. The van der Waals surface area contributed by atoms with E-state index in [0.29, 0.717) is 17.8 Å². The Morgan fingerprint density at radius 3 is 3.06 bits per heavy atom. The summed E-state index contributed by atoms with van der Waals surface area (Å²) in [6.07, 6.45) is 3.81. The van der Waals surface area contributed by atoms with Gasteiger partial charge in [-0.1, -0.05) is 13.3 Å². The Hall–Kier alpha value is -0.880. The third kappa shape index (κ3) is 2.75. The molecule has 0 bridgehead atoms. The standard InChI is InChI=1S/C12H19BrN4O/c1-3-8-7-17(5-4-10(8)14)12-15-6-9(13)11(16-12)18-2/h6,8,10H,3-5,7,14H2,1-2H3. The van der Waals surface area contributed by atoms with Crippen LogP contribution in [0.3, 0.4) is 0 Å². The second kappa shape index (κ2) is 5.84. The summed E-state index contributed by atoms with van der Waals surface area (Å²) in [4.78, 5) is 11.0. The van der Waals surface area contributed by atoms with Gasteiger partial charge < -0.3 is 15.4 Å². The van der Waals surface area contributed by atoms with E-state index < -0.39 is 0 Å². The van der Waals surface area contributed by atoms with Crippen LogP contribution in [0.5, 0.6) is 5.88 Å². The maximum absolute atomic E-state index is 6.11. The lowest BCUT2D eigenvalue weighted by atomic mass is 9.91. The highest BCUT2D eigenvalue weighted by atomic mass is 79.9. The van der Waals surface area contributed by atoms with E-state index in [-0.39, 0.29) is 0 Å². The first kappa shape index (κ1) is 13.5. The average Bonchev–Trinajstić information content (AvgIpc) is 2.40. The maximum Gasteiger partial charge on any atom is 0.232 e. The normalized spacial score (nSPS) is 24.1. The van der Waals surface area contributed by atoms with Crippen LogP contribution in [0.15, 0.2) is 10.7 Å². The van der Waals surface area contributed by atoms with Crippen LogP contribution in [0.4, 0.5) is 5.95 Å². The minimum atomic E-state index is 0.295. The van der Waals surface area contributed by atoms with E-state index in [2.05, 4.69) is 37.7 Å². The molecule has 0 aliphatic carbocycles. The van der Waals surface area contributed by atoms with Crippen LogP contribution in [-0.4, -0.2) is 36.2 Å². The van der Waals surface area contributed by atoms with Crippen LogP contribution in [0.1, 0.15) is 19.8 Å². The zero-order valence-corrected chi connectivity index (χ0v) is 12.4. The number of ether oxygens (including phenoxy) is 1. The number of halogens is 1. The summed E-state index contributed by atoms with van der Waals surface area (Å²) in [7, 11) is 1.61. The molecule has 0 saturated carbocycles. The number of nitrogens with zero attached hydrogens (tertiary/aromatic N) is 3. The Morgan fingerprint density at radius 2 is 2.39 bits per heavy atom. The summed E-state index contributed by atoms with van der Waals surface area (Å²) < 4.78 is 5.97. The summed E-state index contributed by atoms with van der Waals surface area (Å²) in [6, 6.07) is 0.295. The first-order chi connectivity index (χ1) is 8.65. The zero-order valence-electron chi connectivity index (χ0n) is 10.8. The van der Waals surface area contributed by atoms with Crippen molar-refractivity contribution in [2.45, 2.75) is 25.8 Å². The highest BCUT2D eigenvalue weighted by Crippen LogP contribution is 2.26. The van der Waals surface area contributed by atoms with Gasteiger partial charge in [-0.15, -0.1) is 0 Å². The molecule has 0 spiro atoms. The highest BCUT2D eigenvalue weighted by molar-refractivity contribution is 9.10. The average molecular weight is 315 g/mol. The third-order valence-corrected chi connectivity index (χ3v) is 4.04. The quantitative estimate of drug-likeness (QED) is 0.921. The number of piperidine rings is 1. The minimum Gasteiger partial charge on any atom is -0.480 e. The van der Waals surface area contributed by atoms with Crippen LogP contribution in [0.25, 0.3) is 0 Å². The van der Waals surface area contributed by atoms with Gasteiger partial charge >= 0.3 is 0 Å². The molecule has 0 amide bonds. The molecule has 0 aromatic carbocycles. The Kier molecular flexibility index (Phi) is 4.40. The first-order valence-electron chi connectivity index (χ1n) is 6.22. The minimum absolute atomic E-state index is 0.295. The number of methoxy groups -OCH3 is 1. The van der Waals surface area contributed by atoms with Gasteiger partial charge in [0.25, 0.3) is 0 Å². The number of aromatic nitrogens is 2. The molecule has 2 atom stereocenters. The monoisotopic (exact) mass is 314 g/mol. The van der Waals surface area contributed by atoms with Gasteiger partial charge in [-0.25, -0.2) is 4.98 Å². The van der Waals surface area contributed by atoms with Crippen molar-refractivity contribution in [3.8, 4) is 5.88 Å². The molecule has 1 aromatic rings. The molecular weight excluding hydrogens is 296 g/mol. The van der Waals surface area contributed by atoms with Crippen LogP contribution in [0, 0.1) is 5.92 Å². The van der Waals surface area contributed by atoms with Crippen molar-refractivity contribution in [2.75, 3.05) is 25.1 Å². The van der Waals surface area contributed by atoms with E-state index in [4.69, 9.17) is 10.5 Å². The van der Waals surface area contributed by atoms with E-state index >= 15 is 0 Å². The van der Waals surface area contributed by atoms with Gasteiger partial charge in [0.15, 0.2) is 0 Å². The van der Waals surface area contributed by atoms with Crippen molar-refractivity contribution in [3.05, 3.63) is 10.7 Å². The fraction of sp³-hybridized carbons (Fsp3) is 0.667. The molecule has 5 nitrogen and oxygen atoms in total. The molecule has 6 heteroatoms. The van der Waals surface area contributed by atoms with Crippen LogP contribution < -0.4 is 15.4 Å². The van der Waals surface area contributed by atoms with Crippen molar-refractivity contribution in [2.24, 2.45) is 11.7 Å². The number of anilines is 1. The van der Waals surface area contributed by atoms with Crippen LogP contribution in [-0.2, 0) is 0 Å². The summed E-state index contributed by atoms with van der Waals surface area (Å²) in [6.45, 7) is 4.00. The number of hydrogen-bond donors (Lipinski definition) is 1. The second-order valence-electron chi connectivity index (χ2n) is 4.59. The molecule has 1 saturated heterocycles. The zero-order chi connectivity index (χ0) is 13.1. The molecule has 2 N–H and O–H groups in total. The second-order valence-corrected chi connectivity index (χ2v) is 5.45. The number of hydrogen-bond acceptors (Lipinski definition) is 5. The van der Waals surface area contributed by atoms with Crippen LogP contribution >= 0.6 is 15.9 Å². The molecule has 18 heavy (non-hydrogen) atoms. The molecule has 2 heterocycles. The summed E-state index contributed by atoms with van der Waals surface area (Å²) in [5.41, 5.74) is 6.11. The summed E-state index contributed by atoms with van der Waals surface area (Å²) >= 11 is 3.36. The molecule has 100 valence electrons. The molecule has 1 aliphatic rings. The molecule has 0 radical (unpaired) electrons. The van der Waals surface area contributed by atoms with E-state index in [1.165, 1.54) is 0 Å². The number of rotatable bonds is 3. The fourth-order valence-corrected chi connectivity index (χ4v) is 2.66. The Morgan fingerprint density at radius 1 is 1.61 bits per heavy atom. The first-order valence-corrected chi connectivity index (χ1v) is 7.02. The lowest BCUT2D eigenvalue weighted by Gasteiger charge is -2.36. The molecule has 1 fully saturated rings. The van der Waals surface area contributed by atoms with Crippen molar-refractivity contribution >= 4 is 21.9 Å². The van der Waals surface area contributed by atoms with Crippen molar-refractivity contribution in [1.82, 2.24) is 9.97 Å². The van der Waals surface area contributed by atoms with E-state index in [1.54, 1.807) is 13.3 Å². The molecule has 2 rings (SSSR count). The Labute approximate surface area is 116 Å². The predicted octanol–water partition coefficient (Wildman–Crippen LogP) is 1.81. The van der Waals surface area contributed by atoms with Crippen molar-refractivity contribution in [1.29, 1.82) is 0 Å². The van der Waals surface area contributed by atoms with Crippen molar-refractivity contribution in [3.63, 3.8) is 0 Å². The highest BCUT2D eigenvalue weighted by Gasteiger charge is 2.27. The Bertz CT molecular complexity index is 415. The van der Waals surface area contributed by atoms with Gasteiger partial charge in [-0.05, 0) is 28.3 Å². The van der Waals surface area contributed by atoms with Crippen LogP contribution in [0.2, 0.25) is 0 Å². The topological polar surface area (TPSA) is 64.3 Å². The Balaban J connectivity index is 2.16. The van der Waals surface area contributed by atoms with Gasteiger partial charge in [0.1, 0.15) is 0 Å². The van der Waals surface area contributed by atoms with E-state index in [0.717, 1.165) is 36.4 Å². The fourth-order valence-electron chi connectivity index (χ4n) is 2.30. The summed E-state index contributed by atoms with van der Waals surface area (Å²) in [5.74, 6) is 1.81. The molecule has 1 aliphatic heterocycles. The van der Waals surface area contributed by atoms with Gasteiger partial charge in [-0.3, -0.25) is 0 Å².